The van der Waals surface area contributed by atoms with Crippen molar-refractivity contribution < 1.29 is 14.0 Å². The Hall–Kier alpha value is -2.11. The number of nitrogens with one attached hydrogen (secondary N) is 1. The van der Waals surface area contributed by atoms with E-state index in [0.29, 0.717) is 13.1 Å². The van der Waals surface area contributed by atoms with Gasteiger partial charge in [0, 0.05) is 19.1 Å². The molecule has 5 nitrogen and oxygen atoms in total. The minimum absolute atomic E-state index is 0.0842. The third kappa shape index (κ3) is 3.71. The number of hydrogen-bond acceptors (Lipinski definition) is 2. The summed E-state index contributed by atoms with van der Waals surface area (Å²) in [4.78, 5) is 25.0. The van der Waals surface area contributed by atoms with Crippen molar-refractivity contribution in [3.05, 3.63) is 35.1 Å². The molecule has 1 aliphatic rings. The third-order valence-corrected chi connectivity index (χ3v) is 3.75. The maximum atomic E-state index is 13.9. The summed E-state index contributed by atoms with van der Waals surface area (Å²) in [6, 6.07) is 3.75. The topological polar surface area (TPSA) is 75.4 Å². The second-order valence-electron chi connectivity index (χ2n) is 5.38. The summed E-state index contributed by atoms with van der Waals surface area (Å²) in [6.07, 6.45) is 2.64. The quantitative estimate of drug-likeness (QED) is 0.891. The molecule has 2 rings (SSSR count). The lowest BCUT2D eigenvalue weighted by Gasteiger charge is -2.36. The number of piperidine rings is 1. The zero-order chi connectivity index (χ0) is 15.4. The van der Waals surface area contributed by atoms with Crippen LogP contribution in [-0.2, 0) is 0 Å². The fourth-order valence-electron chi connectivity index (χ4n) is 2.66. The van der Waals surface area contributed by atoms with Crippen LogP contribution in [-0.4, -0.2) is 36.0 Å². The van der Waals surface area contributed by atoms with E-state index in [1.807, 2.05) is 6.92 Å². The van der Waals surface area contributed by atoms with E-state index < -0.39 is 11.8 Å². The molecule has 1 heterocycles. The molecule has 6 heteroatoms. The highest BCUT2D eigenvalue weighted by atomic mass is 19.1. The molecule has 0 bridgehead atoms. The molecule has 1 aliphatic heterocycles. The van der Waals surface area contributed by atoms with Crippen LogP contribution in [0.4, 0.5) is 9.18 Å². The van der Waals surface area contributed by atoms with Gasteiger partial charge in [-0.15, -0.1) is 0 Å². The molecule has 3 amide bonds. The molecule has 0 saturated carbocycles. The Bertz CT molecular complexity index is 548. The van der Waals surface area contributed by atoms with E-state index in [9.17, 15) is 14.0 Å². The smallest absolute Gasteiger partial charge is 0.312 e. The second kappa shape index (κ2) is 6.56. The van der Waals surface area contributed by atoms with Gasteiger partial charge < -0.3 is 16.0 Å². The summed E-state index contributed by atoms with van der Waals surface area (Å²) < 4.78 is 13.9. The Kier molecular flexibility index (Phi) is 4.77. The first kappa shape index (κ1) is 15.3. The summed E-state index contributed by atoms with van der Waals surface area (Å²) in [5, 5.41) is 2.53. The zero-order valence-electron chi connectivity index (χ0n) is 12.1. The number of benzene rings is 1. The summed E-state index contributed by atoms with van der Waals surface area (Å²) in [6.45, 7) is 2.68. The van der Waals surface area contributed by atoms with E-state index in [2.05, 4.69) is 5.32 Å². The maximum Gasteiger partial charge on any atom is 0.312 e. The number of nitrogens with two attached hydrogens (primary N) is 1. The molecule has 1 atom stereocenters. The monoisotopic (exact) mass is 293 g/mol. The highest BCUT2D eigenvalue weighted by molar-refractivity contribution is 5.95. The van der Waals surface area contributed by atoms with E-state index in [1.165, 1.54) is 6.07 Å². The molecule has 0 unspecified atom stereocenters. The molecule has 1 saturated heterocycles. The Balaban J connectivity index is 2.18. The highest BCUT2D eigenvalue weighted by Crippen LogP contribution is 2.21. The van der Waals surface area contributed by atoms with Crippen molar-refractivity contribution in [3.8, 4) is 0 Å². The van der Waals surface area contributed by atoms with Gasteiger partial charge in [-0.3, -0.25) is 4.79 Å². The predicted molar refractivity (Wildman–Crippen MR) is 77.4 cm³/mol. The fourth-order valence-corrected chi connectivity index (χ4v) is 2.66. The molecule has 0 aromatic heterocycles. The van der Waals surface area contributed by atoms with E-state index >= 15 is 0 Å². The van der Waals surface area contributed by atoms with Gasteiger partial charge in [-0.05, 0) is 38.3 Å². The van der Waals surface area contributed by atoms with Crippen molar-refractivity contribution in [2.24, 2.45) is 5.73 Å². The van der Waals surface area contributed by atoms with Gasteiger partial charge in [0.05, 0.1) is 5.56 Å². The number of carbonyl (C=O) groups is 2. The van der Waals surface area contributed by atoms with Crippen molar-refractivity contribution >= 4 is 11.9 Å². The summed E-state index contributed by atoms with van der Waals surface area (Å²) >= 11 is 0. The van der Waals surface area contributed by atoms with Crippen molar-refractivity contribution in [2.75, 3.05) is 13.1 Å². The van der Waals surface area contributed by atoms with Gasteiger partial charge in [0.1, 0.15) is 5.82 Å². The van der Waals surface area contributed by atoms with Crippen LogP contribution >= 0.6 is 0 Å². The molecule has 1 fully saturated rings. The van der Waals surface area contributed by atoms with Crippen LogP contribution in [0.15, 0.2) is 18.2 Å². The number of halogens is 1. The van der Waals surface area contributed by atoms with Gasteiger partial charge >= 0.3 is 6.03 Å². The number of rotatable bonds is 3. The predicted octanol–water partition coefficient (Wildman–Crippen LogP) is 1.80. The molecular formula is C15H20FN3O2. The molecule has 21 heavy (non-hydrogen) atoms. The number of aryl methyl sites for hydroxylation is 1. The van der Waals surface area contributed by atoms with Crippen LogP contribution in [0.1, 0.15) is 35.2 Å². The Labute approximate surface area is 123 Å². The molecule has 0 aliphatic carbocycles. The first-order valence-corrected chi connectivity index (χ1v) is 7.09. The van der Waals surface area contributed by atoms with Crippen LogP contribution in [0, 0.1) is 12.7 Å². The molecule has 3 N–H and O–H groups in total. The number of urea groups is 1. The summed E-state index contributed by atoms with van der Waals surface area (Å²) in [5.74, 6) is -0.843. The second-order valence-corrected chi connectivity index (χ2v) is 5.38. The Morgan fingerprint density at radius 3 is 2.90 bits per heavy atom. The van der Waals surface area contributed by atoms with Crippen LogP contribution in [0.25, 0.3) is 0 Å². The zero-order valence-corrected chi connectivity index (χ0v) is 12.1. The number of carbonyl (C=O) groups excluding carboxylic acids is 2. The van der Waals surface area contributed by atoms with Crippen molar-refractivity contribution in [3.63, 3.8) is 0 Å². The molecule has 0 radical (unpaired) electrons. The van der Waals surface area contributed by atoms with Crippen molar-refractivity contribution in [1.29, 1.82) is 0 Å². The van der Waals surface area contributed by atoms with Crippen LogP contribution in [0.3, 0.4) is 0 Å². The highest BCUT2D eigenvalue weighted by Gasteiger charge is 2.29. The summed E-state index contributed by atoms with van der Waals surface area (Å²) in [7, 11) is 0. The van der Waals surface area contributed by atoms with Gasteiger partial charge in [0.25, 0.3) is 5.91 Å². The molecule has 0 spiro atoms. The third-order valence-electron chi connectivity index (χ3n) is 3.75. The lowest BCUT2D eigenvalue weighted by atomic mass is 10.00. The largest absolute Gasteiger partial charge is 0.352 e. The van der Waals surface area contributed by atoms with E-state index in [1.54, 1.807) is 17.0 Å². The molecule has 1 aromatic carbocycles. The van der Waals surface area contributed by atoms with Crippen molar-refractivity contribution in [1.82, 2.24) is 10.2 Å². The number of primary amides is 1. The van der Waals surface area contributed by atoms with Gasteiger partial charge in [-0.1, -0.05) is 11.6 Å². The van der Waals surface area contributed by atoms with Crippen LogP contribution < -0.4 is 11.1 Å². The van der Waals surface area contributed by atoms with E-state index in [-0.39, 0.29) is 17.5 Å². The normalized spacial score (nSPS) is 18.4. The standard InChI is InChI=1S/C15H20FN3O2/c1-10-5-6-13(16)12(8-10)14(20)19-7-3-2-4-11(19)9-18-15(17)21/h5-6,8,11H,2-4,7,9H2,1H3,(H3,17,18,21)/t11-/m0/s1. The average Bonchev–Trinajstić information content (AvgIpc) is 2.47. The Morgan fingerprint density at radius 1 is 1.43 bits per heavy atom. The molecule has 1 aromatic rings. The van der Waals surface area contributed by atoms with E-state index in [0.717, 1.165) is 24.8 Å². The average molecular weight is 293 g/mol. The van der Waals surface area contributed by atoms with E-state index in [4.69, 9.17) is 5.73 Å². The first-order chi connectivity index (χ1) is 9.99. The SMILES string of the molecule is Cc1ccc(F)c(C(=O)N2CCCC[C@H]2CNC(N)=O)c1. The minimum Gasteiger partial charge on any atom is -0.352 e. The van der Waals surface area contributed by atoms with Crippen LogP contribution in [0.2, 0.25) is 0 Å². The summed E-state index contributed by atoms with van der Waals surface area (Å²) in [5.41, 5.74) is 5.99. The number of amides is 3. The minimum atomic E-state index is -0.616. The van der Waals surface area contributed by atoms with Crippen LogP contribution in [0.5, 0.6) is 0 Å². The lowest BCUT2D eigenvalue weighted by Crippen LogP contribution is -2.50. The lowest BCUT2D eigenvalue weighted by molar-refractivity contribution is 0.0610. The fraction of sp³-hybridized carbons (Fsp3) is 0.467. The number of nitrogens with zero attached hydrogens (tertiary/aromatic N) is 1. The Morgan fingerprint density at radius 2 is 2.19 bits per heavy atom. The molecular weight excluding hydrogens is 273 g/mol. The molecule has 114 valence electrons. The van der Waals surface area contributed by atoms with Gasteiger partial charge in [-0.2, -0.15) is 0 Å². The first-order valence-electron chi connectivity index (χ1n) is 7.09. The van der Waals surface area contributed by atoms with Gasteiger partial charge in [0.15, 0.2) is 0 Å². The van der Waals surface area contributed by atoms with Gasteiger partial charge in [-0.25, -0.2) is 9.18 Å². The number of likely N-dealkylation sites (tertiary alicyclic amines) is 1. The number of hydrogen-bond donors (Lipinski definition) is 2. The van der Waals surface area contributed by atoms with Gasteiger partial charge in [0.2, 0.25) is 0 Å². The van der Waals surface area contributed by atoms with Crippen molar-refractivity contribution in [2.45, 2.75) is 32.2 Å². The maximum absolute atomic E-state index is 13.9.